The lowest BCUT2D eigenvalue weighted by atomic mass is 10.1. The molecule has 0 bridgehead atoms. The highest BCUT2D eigenvalue weighted by atomic mass is 16.5. The Balaban J connectivity index is 1.61. The smallest absolute Gasteiger partial charge is 0.220 e. The summed E-state index contributed by atoms with van der Waals surface area (Å²) in [6, 6.07) is 22.1. The van der Waals surface area contributed by atoms with Crippen molar-refractivity contribution in [3.05, 3.63) is 84.6 Å². The number of rotatable bonds is 8. The van der Waals surface area contributed by atoms with Gasteiger partial charge in [0.15, 0.2) is 17.2 Å². The minimum absolute atomic E-state index is 0.0170. The van der Waals surface area contributed by atoms with Crippen LogP contribution in [0.2, 0.25) is 0 Å². The molecule has 0 atom stereocenters. The number of aromatic nitrogens is 2. The third-order valence-electron chi connectivity index (χ3n) is 4.62. The molecule has 1 aromatic heterocycles. The van der Waals surface area contributed by atoms with Crippen LogP contribution in [0.4, 0.5) is 5.95 Å². The van der Waals surface area contributed by atoms with Gasteiger partial charge in [0.2, 0.25) is 5.95 Å². The van der Waals surface area contributed by atoms with Crippen molar-refractivity contribution in [3.8, 4) is 40.0 Å². The van der Waals surface area contributed by atoms with Crippen molar-refractivity contribution in [1.82, 2.24) is 9.97 Å². The molecule has 0 saturated heterocycles. The van der Waals surface area contributed by atoms with Crippen LogP contribution in [0.5, 0.6) is 28.7 Å². The first kappa shape index (κ1) is 21.0. The molecule has 0 radical (unpaired) electrons. The van der Waals surface area contributed by atoms with Crippen molar-refractivity contribution in [2.45, 2.75) is 13.5 Å². The molecular weight excluding hydrogens is 406 g/mol. The number of benzene rings is 3. The highest BCUT2D eigenvalue weighted by molar-refractivity contribution is 5.74. The summed E-state index contributed by atoms with van der Waals surface area (Å²) in [5.74, 6) is 2.00. The number of hydrogen-bond donors (Lipinski definition) is 2. The summed E-state index contributed by atoms with van der Waals surface area (Å²) in [6.07, 6.45) is 1.47. The molecule has 0 aliphatic heterocycles. The summed E-state index contributed by atoms with van der Waals surface area (Å²) in [5, 5.41) is 10.7. The summed E-state index contributed by atoms with van der Waals surface area (Å²) in [4.78, 5) is 8.34. The maximum atomic E-state index is 10.7. The number of nitrogens with zero attached hydrogens (tertiary/aromatic N) is 2. The number of phenolic OH excluding ortho intramolecular Hbond substituents is 1. The highest BCUT2D eigenvalue weighted by Crippen LogP contribution is 2.40. The zero-order valence-corrected chi connectivity index (χ0v) is 17.6. The largest absolute Gasteiger partial charge is 0.507 e. The number of aromatic hydroxyl groups is 1. The first-order chi connectivity index (χ1) is 15.6. The van der Waals surface area contributed by atoms with Gasteiger partial charge >= 0.3 is 0 Å². The van der Waals surface area contributed by atoms with E-state index in [-0.39, 0.29) is 11.7 Å². The van der Waals surface area contributed by atoms with Gasteiger partial charge in [-0.25, -0.2) is 9.97 Å². The molecule has 4 aromatic rings. The van der Waals surface area contributed by atoms with E-state index < -0.39 is 0 Å². The Hall–Kier alpha value is -4.26. The van der Waals surface area contributed by atoms with Crippen LogP contribution in [-0.4, -0.2) is 21.7 Å². The number of nitrogen functional groups attached to an aromatic ring is 1. The topological polar surface area (TPSA) is 99.7 Å². The van der Waals surface area contributed by atoms with E-state index in [0.717, 1.165) is 5.56 Å². The van der Waals surface area contributed by atoms with Gasteiger partial charge in [0.25, 0.3) is 0 Å². The molecule has 0 fully saturated rings. The number of hydrogen-bond acceptors (Lipinski definition) is 7. The maximum Gasteiger partial charge on any atom is 0.220 e. The Kier molecular flexibility index (Phi) is 6.36. The van der Waals surface area contributed by atoms with E-state index in [1.54, 1.807) is 18.2 Å². The van der Waals surface area contributed by atoms with Crippen LogP contribution in [0, 0.1) is 0 Å². The number of ether oxygens (including phenoxy) is 3. The number of para-hydroxylation sites is 2. The fraction of sp³-hybridized carbons (Fsp3) is 0.120. The van der Waals surface area contributed by atoms with Gasteiger partial charge in [-0.05, 0) is 36.8 Å². The van der Waals surface area contributed by atoms with E-state index in [1.807, 2.05) is 55.5 Å². The normalized spacial score (nSPS) is 10.5. The Labute approximate surface area is 186 Å². The molecule has 0 aliphatic rings. The fourth-order valence-electron chi connectivity index (χ4n) is 3.12. The predicted molar refractivity (Wildman–Crippen MR) is 122 cm³/mol. The quantitative estimate of drug-likeness (QED) is 0.397. The van der Waals surface area contributed by atoms with Gasteiger partial charge in [-0.2, -0.15) is 0 Å². The lowest BCUT2D eigenvalue weighted by Gasteiger charge is -2.15. The summed E-state index contributed by atoms with van der Waals surface area (Å²) < 4.78 is 17.5. The van der Waals surface area contributed by atoms with Crippen molar-refractivity contribution in [1.29, 1.82) is 0 Å². The van der Waals surface area contributed by atoms with Crippen LogP contribution in [0.3, 0.4) is 0 Å². The molecule has 7 nitrogen and oxygen atoms in total. The van der Waals surface area contributed by atoms with E-state index in [4.69, 9.17) is 19.9 Å². The predicted octanol–water partition coefficient (Wildman–Crippen LogP) is 5.20. The van der Waals surface area contributed by atoms with Crippen LogP contribution in [0.15, 0.2) is 79.0 Å². The first-order valence-electron chi connectivity index (χ1n) is 10.2. The second-order valence-corrected chi connectivity index (χ2v) is 6.88. The maximum absolute atomic E-state index is 10.7. The Morgan fingerprint density at radius 1 is 0.875 bits per heavy atom. The molecule has 0 unspecified atom stereocenters. The molecule has 32 heavy (non-hydrogen) atoms. The SMILES string of the molecule is CCOc1ccccc1Oc1cnc(N)nc1-c1ccc(OCc2ccccc2)cc1O. The first-order valence-corrected chi connectivity index (χ1v) is 10.2. The second kappa shape index (κ2) is 9.70. The van der Waals surface area contributed by atoms with E-state index in [9.17, 15) is 5.11 Å². The van der Waals surface area contributed by atoms with E-state index in [2.05, 4.69) is 9.97 Å². The van der Waals surface area contributed by atoms with Gasteiger partial charge in [-0.3, -0.25) is 0 Å². The fourth-order valence-corrected chi connectivity index (χ4v) is 3.12. The van der Waals surface area contributed by atoms with Gasteiger partial charge in [0, 0.05) is 11.6 Å². The number of anilines is 1. The molecule has 0 amide bonds. The Morgan fingerprint density at radius 3 is 2.38 bits per heavy atom. The van der Waals surface area contributed by atoms with Crippen molar-refractivity contribution < 1.29 is 19.3 Å². The average Bonchev–Trinajstić information content (AvgIpc) is 2.81. The molecule has 1 heterocycles. The van der Waals surface area contributed by atoms with E-state index >= 15 is 0 Å². The van der Waals surface area contributed by atoms with Crippen molar-refractivity contribution in [2.24, 2.45) is 0 Å². The lowest BCUT2D eigenvalue weighted by molar-refractivity contribution is 0.304. The summed E-state index contributed by atoms with van der Waals surface area (Å²) in [6.45, 7) is 2.79. The molecule has 4 rings (SSSR count). The number of phenols is 1. The third-order valence-corrected chi connectivity index (χ3v) is 4.62. The van der Waals surface area contributed by atoms with Gasteiger partial charge in [0.05, 0.1) is 12.8 Å². The molecule has 7 heteroatoms. The van der Waals surface area contributed by atoms with Crippen LogP contribution >= 0.6 is 0 Å². The molecule has 0 spiro atoms. The lowest BCUT2D eigenvalue weighted by Crippen LogP contribution is -2.01. The van der Waals surface area contributed by atoms with Crippen molar-refractivity contribution in [3.63, 3.8) is 0 Å². The van der Waals surface area contributed by atoms with E-state index in [1.165, 1.54) is 12.3 Å². The van der Waals surface area contributed by atoms with Crippen LogP contribution in [-0.2, 0) is 6.61 Å². The average molecular weight is 429 g/mol. The van der Waals surface area contributed by atoms with Gasteiger partial charge in [-0.15, -0.1) is 0 Å². The molecule has 0 saturated carbocycles. The minimum atomic E-state index is -0.0170. The molecule has 3 aromatic carbocycles. The third kappa shape index (κ3) is 4.89. The Bertz CT molecular complexity index is 1200. The van der Waals surface area contributed by atoms with Gasteiger partial charge < -0.3 is 25.1 Å². The zero-order valence-electron chi connectivity index (χ0n) is 17.6. The summed E-state index contributed by atoms with van der Waals surface area (Å²) in [5.41, 5.74) is 7.65. The van der Waals surface area contributed by atoms with Crippen LogP contribution in [0.1, 0.15) is 12.5 Å². The minimum Gasteiger partial charge on any atom is -0.507 e. The van der Waals surface area contributed by atoms with Crippen molar-refractivity contribution in [2.75, 3.05) is 12.3 Å². The number of nitrogens with two attached hydrogens (primary N) is 1. The zero-order chi connectivity index (χ0) is 22.3. The summed E-state index contributed by atoms with van der Waals surface area (Å²) in [7, 11) is 0. The molecule has 162 valence electrons. The van der Waals surface area contributed by atoms with Crippen LogP contribution in [0.25, 0.3) is 11.3 Å². The second-order valence-electron chi connectivity index (χ2n) is 6.88. The monoisotopic (exact) mass is 429 g/mol. The van der Waals surface area contributed by atoms with Crippen LogP contribution < -0.4 is 19.9 Å². The van der Waals surface area contributed by atoms with E-state index in [0.29, 0.717) is 47.5 Å². The molecule has 3 N–H and O–H groups in total. The molecule has 0 aliphatic carbocycles. The highest BCUT2D eigenvalue weighted by Gasteiger charge is 2.17. The van der Waals surface area contributed by atoms with Gasteiger partial charge in [0.1, 0.15) is 23.8 Å². The van der Waals surface area contributed by atoms with Gasteiger partial charge in [-0.1, -0.05) is 42.5 Å². The Morgan fingerprint density at radius 2 is 1.62 bits per heavy atom. The summed E-state index contributed by atoms with van der Waals surface area (Å²) >= 11 is 0. The van der Waals surface area contributed by atoms with Crippen molar-refractivity contribution >= 4 is 5.95 Å². The standard InChI is InChI=1S/C25H23N3O4/c1-2-30-21-10-6-7-11-22(21)32-23-15-27-25(26)28-24(23)19-13-12-18(14-20(19)29)31-16-17-8-4-3-5-9-17/h3-15,29H,2,16H2,1H3,(H2,26,27,28). The molecular formula is C25H23N3O4.